The predicted octanol–water partition coefficient (Wildman–Crippen LogP) is 2.28. The van der Waals surface area contributed by atoms with Crippen molar-refractivity contribution in [1.29, 1.82) is 0 Å². The molecule has 0 aliphatic carbocycles. The molecule has 0 saturated carbocycles. The summed E-state index contributed by atoms with van der Waals surface area (Å²) in [5.74, 6) is -0.516. The van der Waals surface area contributed by atoms with Crippen molar-refractivity contribution in [3.05, 3.63) is 35.1 Å². The third-order valence-electron chi connectivity index (χ3n) is 2.17. The van der Waals surface area contributed by atoms with E-state index in [4.69, 9.17) is 4.74 Å². The van der Waals surface area contributed by atoms with Gasteiger partial charge in [-0.15, -0.1) is 0 Å². The minimum atomic E-state index is -0.304. The van der Waals surface area contributed by atoms with E-state index in [0.717, 1.165) is 5.33 Å². The Morgan fingerprint density at radius 3 is 2.88 bits per heavy atom. The van der Waals surface area contributed by atoms with Gasteiger partial charge in [0.1, 0.15) is 5.82 Å². The Morgan fingerprint density at radius 1 is 1.47 bits per heavy atom. The number of halogens is 2. The zero-order chi connectivity index (χ0) is 12.7. The van der Waals surface area contributed by atoms with E-state index in [2.05, 4.69) is 21.2 Å². The fourth-order valence-electron chi connectivity index (χ4n) is 1.28. The molecule has 17 heavy (non-hydrogen) atoms. The fourth-order valence-corrected chi connectivity index (χ4v) is 1.51. The Kier molecular flexibility index (Phi) is 6.15. The number of hydrogen-bond acceptors (Lipinski definition) is 2. The van der Waals surface area contributed by atoms with E-state index in [9.17, 15) is 9.18 Å². The molecule has 0 spiro atoms. The van der Waals surface area contributed by atoms with Crippen molar-refractivity contribution in [3.63, 3.8) is 0 Å². The average Bonchev–Trinajstić information content (AvgIpc) is 2.32. The summed E-state index contributed by atoms with van der Waals surface area (Å²) in [5, 5.41) is 3.48. The quantitative estimate of drug-likeness (QED) is 0.647. The number of hydrogen-bond donors (Lipinski definition) is 1. The van der Waals surface area contributed by atoms with Crippen molar-refractivity contribution in [2.45, 2.75) is 6.92 Å². The van der Waals surface area contributed by atoms with Crippen LogP contribution in [-0.4, -0.2) is 31.0 Å². The van der Waals surface area contributed by atoms with Crippen LogP contribution in [0.25, 0.3) is 0 Å². The molecule has 0 aromatic heterocycles. The monoisotopic (exact) mass is 303 g/mol. The van der Waals surface area contributed by atoms with Crippen molar-refractivity contribution in [1.82, 2.24) is 5.32 Å². The van der Waals surface area contributed by atoms with Crippen molar-refractivity contribution in [2.24, 2.45) is 0 Å². The smallest absolute Gasteiger partial charge is 0.251 e. The number of benzene rings is 1. The zero-order valence-electron chi connectivity index (χ0n) is 9.63. The molecule has 1 rings (SSSR count). The van der Waals surface area contributed by atoms with Crippen LogP contribution < -0.4 is 5.32 Å². The molecule has 1 aromatic rings. The van der Waals surface area contributed by atoms with E-state index in [1.54, 1.807) is 6.92 Å². The molecule has 1 N–H and O–H groups in total. The van der Waals surface area contributed by atoms with E-state index >= 15 is 0 Å². The minimum absolute atomic E-state index is 0.212. The molecule has 1 aromatic carbocycles. The summed E-state index contributed by atoms with van der Waals surface area (Å²) in [6, 6.07) is 4.30. The summed E-state index contributed by atoms with van der Waals surface area (Å²) < 4.78 is 18.2. The number of alkyl halides is 1. The lowest BCUT2D eigenvalue weighted by Crippen LogP contribution is -2.27. The van der Waals surface area contributed by atoms with Crippen molar-refractivity contribution in [2.75, 3.05) is 25.1 Å². The maximum Gasteiger partial charge on any atom is 0.251 e. The Bertz CT molecular complexity index is 385. The number of nitrogens with one attached hydrogen (secondary N) is 1. The van der Waals surface area contributed by atoms with Gasteiger partial charge in [0.25, 0.3) is 5.91 Å². The van der Waals surface area contributed by atoms with Crippen LogP contribution in [0.15, 0.2) is 18.2 Å². The number of rotatable bonds is 6. The van der Waals surface area contributed by atoms with Gasteiger partial charge in [0.2, 0.25) is 0 Å². The zero-order valence-corrected chi connectivity index (χ0v) is 11.2. The van der Waals surface area contributed by atoms with E-state index in [1.807, 2.05) is 0 Å². The van der Waals surface area contributed by atoms with Gasteiger partial charge in [0.05, 0.1) is 13.2 Å². The average molecular weight is 304 g/mol. The molecule has 0 fully saturated rings. The number of aryl methyl sites for hydroxylation is 1. The van der Waals surface area contributed by atoms with Gasteiger partial charge in [-0.2, -0.15) is 0 Å². The lowest BCUT2D eigenvalue weighted by molar-refractivity contribution is 0.0924. The molecule has 0 saturated heterocycles. The molecule has 0 heterocycles. The van der Waals surface area contributed by atoms with Crippen LogP contribution in [0.2, 0.25) is 0 Å². The van der Waals surface area contributed by atoms with Gasteiger partial charge >= 0.3 is 0 Å². The molecule has 0 unspecified atom stereocenters. The van der Waals surface area contributed by atoms with Crippen LogP contribution in [0.1, 0.15) is 15.9 Å². The van der Waals surface area contributed by atoms with E-state index < -0.39 is 0 Å². The van der Waals surface area contributed by atoms with Gasteiger partial charge in [0, 0.05) is 17.4 Å². The highest BCUT2D eigenvalue weighted by Gasteiger charge is 2.06. The van der Waals surface area contributed by atoms with Crippen LogP contribution >= 0.6 is 15.9 Å². The van der Waals surface area contributed by atoms with E-state index in [-0.39, 0.29) is 11.7 Å². The summed E-state index contributed by atoms with van der Waals surface area (Å²) in [6.07, 6.45) is 0. The molecule has 0 aliphatic rings. The Hall–Kier alpha value is -0.940. The molecular weight excluding hydrogens is 289 g/mol. The third kappa shape index (κ3) is 4.83. The van der Waals surface area contributed by atoms with Crippen LogP contribution in [0.5, 0.6) is 0 Å². The highest BCUT2D eigenvalue weighted by molar-refractivity contribution is 9.09. The maximum absolute atomic E-state index is 13.0. The topological polar surface area (TPSA) is 38.3 Å². The minimum Gasteiger partial charge on any atom is -0.379 e. The molecule has 1 amide bonds. The first-order valence-corrected chi connectivity index (χ1v) is 6.45. The van der Waals surface area contributed by atoms with Crippen molar-refractivity contribution >= 4 is 21.8 Å². The largest absolute Gasteiger partial charge is 0.379 e. The van der Waals surface area contributed by atoms with Gasteiger partial charge in [-0.1, -0.05) is 15.9 Å². The van der Waals surface area contributed by atoms with Gasteiger partial charge in [0.15, 0.2) is 0 Å². The predicted molar refractivity (Wildman–Crippen MR) is 68.1 cm³/mol. The van der Waals surface area contributed by atoms with Crippen LogP contribution in [0.3, 0.4) is 0 Å². The van der Waals surface area contributed by atoms with Crippen LogP contribution in [0.4, 0.5) is 4.39 Å². The van der Waals surface area contributed by atoms with Gasteiger partial charge in [-0.25, -0.2) is 4.39 Å². The third-order valence-corrected chi connectivity index (χ3v) is 2.50. The van der Waals surface area contributed by atoms with Crippen molar-refractivity contribution in [3.8, 4) is 0 Å². The Labute approximate surface area is 108 Å². The Morgan fingerprint density at radius 2 is 2.24 bits per heavy atom. The molecular formula is C12H15BrFNO2. The second kappa shape index (κ2) is 7.40. The van der Waals surface area contributed by atoms with Gasteiger partial charge in [-0.3, -0.25) is 4.79 Å². The molecule has 5 heteroatoms. The highest BCUT2D eigenvalue weighted by atomic mass is 79.9. The summed E-state index contributed by atoms with van der Waals surface area (Å²) in [6.45, 7) is 3.16. The Balaban J connectivity index is 2.39. The molecule has 0 atom stereocenters. The second-order valence-electron chi connectivity index (χ2n) is 3.52. The summed E-state index contributed by atoms with van der Waals surface area (Å²) in [4.78, 5) is 11.6. The number of ether oxygens (including phenoxy) is 1. The first kappa shape index (κ1) is 14.1. The molecule has 0 radical (unpaired) electrons. The molecule has 0 aliphatic heterocycles. The molecule has 0 bridgehead atoms. The number of carbonyl (C=O) groups is 1. The summed E-state index contributed by atoms with van der Waals surface area (Å²) in [7, 11) is 0. The highest BCUT2D eigenvalue weighted by Crippen LogP contribution is 2.08. The standard InChI is InChI=1S/C12H15BrFNO2/c1-9-8-10(2-3-11(9)14)12(16)15-5-7-17-6-4-13/h2-3,8H,4-7H2,1H3,(H,15,16). The second-order valence-corrected chi connectivity index (χ2v) is 4.31. The normalized spacial score (nSPS) is 10.3. The lowest BCUT2D eigenvalue weighted by Gasteiger charge is -2.06. The van der Waals surface area contributed by atoms with Crippen molar-refractivity contribution < 1.29 is 13.9 Å². The summed E-state index contributed by atoms with van der Waals surface area (Å²) >= 11 is 3.23. The molecule has 3 nitrogen and oxygen atoms in total. The maximum atomic E-state index is 13.0. The van der Waals surface area contributed by atoms with E-state index in [1.165, 1.54) is 18.2 Å². The van der Waals surface area contributed by atoms with Crippen LogP contribution in [0, 0.1) is 12.7 Å². The first-order chi connectivity index (χ1) is 8.15. The van der Waals surface area contributed by atoms with Crippen LogP contribution in [-0.2, 0) is 4.74 Å². The fraction of sp³-hybridized carbons (Fsp3) is 0.417. The summed E-state index contributed by atoms with van der Waals surface area (Å²) in [5.41, 5.74) is 0.928. The molecule has 94 valence electrons. The van der Waals surface area contributed by atoms with E-state index in [0.29, 0.717) is 30.9 Å². The number of carbonyl (C=O) groups excluding carboxylic acids is 1. The first-order valence-electron chi connectivity index (χ1n) is 5.33. The SMILES string of the molecule is Cc1cc(C(=O)NCCOCCBr)ccc1F. The lowest BCUT2D eigenvalue weighted by atomic mass is 10.1. The van der Waals surface area contributed by atoms with Gasteiger partial charge < -0.3 is 10.1 Å². The number of amides is 1. The van der Waals surface area contributed by atoms with Gasteiger partial charge in [-0.05, 0) is 30.7 Å².